The van der Waals surface area contributed by atoms with E-state index in [1.165, 1.54) is 11.1 Å². The molecule has 0 spiro atoms. The lowest BCUT2D eigenvalue weighted by Crippen LogP contribution is -2.42. The van der Waals surface area contributed by atoms with E-state index >= 15 is 0 Å². The number of carbonyl (C=O) groups is 1. The van der Waals surface area contributed by atoms with Crippen LogP contribution in [0.1, 0.15) is 37.3 Å². The van der Waals surface area contributed by atoms with E-state index < -0.39 is 0 Å². The summed E-state index contributed by atoms with van der Waals surface area (Å²) in [5, 5.41) is 3.16. The van der Waals surface area contributed by atoms with E-state index in [4.69, 9.17) is 4.74 Å². The van der Waals surface area contributed by atoms with Crippen molar-refractivity contribution >= 4 is 5.91 Å². The minimum absolute atomic E-state index is 0.000697. The summed E-state index contributed by atoms with van der Waals surface area (Å²) in [6.07, 6.45) is 2.39. The van der Waals surface area contributed by atoms with E-state index in [1.807, 2.05) is 19.1 Å². The Hall–Kier alpha value is -1.35. The van der Waals surface area contributed by atoms with Crippen LogP contribution in [-0.4, -0.2) is 19.1 Å². The van der Waals surface area contributed by atoms with Crippen LogP contribution >= 0.6 is 0 Å². The summed E-state index contributed by atoms with van der Waals surface area (Å²) in [7, 11) is 1.58. The molecule has 1 aromatic rings. The van der Waals surface area contributed by atoms with Gasteiger partial charge in [0.05, 0.1) is 5.54 Å². The molecule has 0 bridgehead atoms. The average Bonchev–Trinajstić information content (AvgIpc) is 3.12. The molecule has 0 heterocycles. The Bertz CT molecular complexity index is 434. The molecule has 18 heavy (non-hydrogen) atoms. The molecule has 0 saturated heterocycles. The number of hydrogen-bond donors (Lipinski definition) is 1. The van der Waals surface area contributed by atoms with Crippen LogP contribution in [0.3, 0.4) is 0 Å². The molecule has 3 heteroatoms. The first-order valence-corrected chi connectivity index (χ1v) is 6.54. The van der Waals surface area contributed by atoms with Gasteiger partial charge in [0, 0.05) is 7.11 Å². The van der Waals surface area contributed by atoms with E-state index in [0.29, 0.717) is 6.42 Å². The zero-order valence-electron chi connectivity index (χ0n) is 11.3. The largest absolute Gasteiger partial charge is 0.372 e. The predicted molar refractivity (Wildman–Crippen MR) is 71.3 cm³/mol. The second kappa shape index (κ2) is 5.11. The third kappa shape index (κ3) is 2.41. The number of ether oxygens (including phenoxy) is 1. The molecule has 0 aliphatic heterocycles. The summed E-state index contributed by atoms with van der Waals surface area (Å²) in [5.41, 5.74) is 2.33. The fourth-order valence-electron chi connectivity index (χ4n) is 2.47. The Morgan fingerprint density at radius 3 is 2.61 bits per heavy atom. The van der Waals surface area contributed by atoms with Crippen molar-refractivity contribution < 1.29 is 9.53 Å². The first kappa shape index (κ1) is 13.1. The zero-order chi connectivity index (χ0) is 13.2. The number of benzene rings is 1. The SMILES string of the molecule is CCC(OC)C(=O)NC1(c2ccccc2C)CC1. The fourth-order valence-corrected chi connectivity index (χ4v) is 2.47. The molecule has 1 aromatic carbocycles. The summed E-state index contributed by atoms with van der Waals surface area (Å²) >= 11 is 0. The zero-order valence-corrected chi connectivity index (χ0v) is 11.3. The minimum Gasteiger partial charge on any atom is -0.372 e. The first-order valence-electron chi connectivity index (χ1n) is 6.54. The number of nitrogens with one attached hydrogen (secondary N) is 1. The maximum atomic E-state index is 12.1. The van der Waals surface area contributed by atoms with Gasteiger partial charge < -0.3 is 10.1 Å². The monoisotopic (exact) mass is 247 g/mol. The highest BCUT2D eigenvalue weighted by Crippen LogP contribution is 2.46. The molecule has 1 saturated carbocycles. The molecule has 3 nitrogen and oxygen atoms in total. The topological polar surface area (TPSA) is 38.3 Å². The molecule has 1 N–H and O–H groups in total. The number of carbonyl (C=O) groups excluding carboxylic acids is 1. The molecule has 1 atom stereocenters. The molecule has 0 aromatic heterocycles. The maximum Gasteiger partial charge on any atom is 0.249 e. The molecule has 1 amide bonds. The molecular weight excluding hydrogens is 226 g/mol. The van der Waals surface area contributed by atoms with Crippen molar-refractivity contribution in [3.05, 3.63) is 35.4 Å². The van der Waals surface area contributed by atoms with E-state index in [0.717, 1.165) is 12.8 Å². The molecule has 1 aliphatic rings. The number of rotatable bonds is 5. The van der Waals surface area contributed by atoms with Crippen molar-refractivity contribution in [1.29, 1.82) is 0 Å². The second-order valence-electron chi connectivity index (χ2n) is 5.02. The van der Waals surface area contributed by atoms with Crippen LogP contribution < -0.4 is 5.32 Å². The van der Waals surface area contributed by atoms with Gasteiger partial charge in [0.2, 0.25) is 5.91 Å². The van der Waals surface area contributed by atoms with Crippen LogP contribution in [0.5, 0.6) is 0 Å². The van der Waals surface area contributed by atoms with Gasteiger partial charge in [-0.1, -0.05) is 31.2 Å². The lowest BCUT2D eigenvalue weighted by Gasteiger charge is -2.22. The van der Waals surface area contributed by atoms with Gasteiger partial charge in [0.1, 0.15) is 6.10 Å². The maximum absolute atomic E-state index is 12.1. The summed E-state index contributed by atoms with van der Waals surface area (Å²) in [6, 6.07) is 8.26. The van der Waals surface area contributed by atoms with Crippen molar-refractivity contribution in [2.75, 3.05) is 7.11 Å². The van der Waals surface area contributed by atoms with Crippen LogP contribution in [-0.2, 0) is 15.1 Å². The molecular formula is C15H21NO2. The van der Waals surface area contributed by atoms with Gasteiger partial charge in [0.25, 0.3) is 0 Å². The van der Waals surface area contributed by atoms with Gasteiger partial charge in [-0.15, -0.1) is 0 Å². The highest BCUT2D eigenvalue weighted by molar-refractivity contribution is 5.82. The number of aryl methyl sites for hydroxylation is 1. The van der Waals surface area contributed by atoms with E-state index in [-0.39, 0.29) is 17.6 Å². The quantitative estimate of drug-likeness (QED) is 0.868. The Morgan fingerprint density at radius 1 is 1.44 bits per heavy atom. The van der Waals surface area contributed by atoms with Crippen molar-refractivity contribution in [2.45, 2.75) is 44.8 Å². The normalized spacial score (nSPS) is 18.2. The molecule has 1 fully saturated rings. The third-order valence-electron chi connectivity index (χ3n) is 3.72. The van der Waals surface area contributed by atoms with E-state index in [9.17, 15) is 4.79 Å². The Kier molecular flexibility index (Phi) is 3.71. The van der Waals surface area contributed by atoms with Crippen LogP contribution in [0.25, 0.3) is 0 Å². The Labute approximate surface area is 109 Å². The van der Waals surface area contributed by atoms with Gasteiger partial charge in [-0.05, 0) is 37.3 Å². The van der Waals surface area contributed by atoms with Gasteiger partial charge in [-0.2, -0.15) is 0 Å². The number of hydrogen-bond acceptors (Lipinski definition) is 2. The van der Waals surface area contributed by atoms with Crippen molar-refractivity contribution in [3.8, 4) is 0 Å². The van der Waals surface area contributed by atoms with Gasteiger partial charge in [-0.3, -0.25) is 4.79 Å². The summed E-state index contributed by atoms with van der Waals surface area (Å²) in [5.74, 6) is 0.000697. The Balaban J connectivity index is 2.14. The summed E-state index contributed by atoms with van der Waals surface area (Å²) < 4.78 is 5.19. The lowest BCUT2D eigenvalue weighted by atomic mass is 9.99. The highest BCUT2D eigenvalue weighted by Gasteiger charge is 2.47. The molecule has 98 valence electrons. The van der Waals surface area contributed by atoms with E-state index in [2.05, 4.69) is 24.4 Å². The van der Waals surface area contributed by atoms with Crippen molar-refractivity contribution in [1.82, 2.24) is 5.32 Å². The fraction of sp³-hybridized carbons (Fsp3) is 0.533. The smallest absolute Gasteiger partial charge is 0.249 e. The number of amides is 1. The molecule has 0 radical (unpaired) electrons. The van der Waals surface area contributed by atoms with Gasteiger partial charge in [-0.25, -0.2) is 0 Å². The minimum atomic E-state index is -0.341. The standard InChI is InChI=1S/C15H21NO2/c1-4-13(18-3)14(17)16-15(9-10-15)12-8-6-5-7-11(12)2/h5-8,13H,4,9-10H2,1-3H3,(H,16,17). The van der Waals surface area contributed by atoms with Gasteiger partial charge >= 0.3 is 0 Å². The Morgan fingerprint density at radius 2 is 2.11 bits per heavy atom. The van der Waals surface area contributed by atoms with Crippen molar-refractivity contribution in [2.24, 2.45) is 0 Å². The third-order valence-corrected chi connectivity index (χ3v) is 3.72. The van der Waals surface area contributed by atoms with Crippen LogP contribution in [0.2, 0.25) is 0 Å². The molecule has 1 unspecified atom stereocenters. The van der Waals surface area contributed by atoms with Crippen LogP contribution in [0.4, 0.5) is 0 Å². The first-order chi connectivity index (χ1) is 8.63. The van der Waals surface area contributed by atoms with E-state index in [1.54, 1.807) is 7.11 Å². The molecule has 2 rings (SSSR count). The van der Waals surface area contributed by atoms with Crippen molar-refractivity contribution in [3.63, 3.8) is 0 Å². The molecule has 1 aliphatic carbocycles. The summed E-state index contributed by atoms with van der Waals surface area (Å²) in [6.45, 7) is 4.05. The predicted octanol–water partition coefficient (Wildman–Crippen LogP) is 2.53. The van der Waals surface area contributed by atoms with Crippen LogP contribution in [0.15, 0.2) is 24.3 Å². The summed E-state index contributed by atoms with van der Waals surface area (Å²) in [4.78, 5) is 12.1. The second-order valence-corrected chi connectivity index (χ2v) is 5.02. The average molecular weight is 247 g/mol. The van der Waals surface area contributed by atoms with Gasteiger partial charge in [0.15, 0.2) is 0 Å². The highest BCUT2D eigenvalue weighted by atomic mass is 16.5. The lowest BCUT2D eigenvalue weighted by molar-refractivity contribution is -0.132. The number of methoxy groups -OCH3 is 1. The van der Waals surface area contributed by atoms with Crippen LogP contribution in [0, 0.1) is 6.92 Å².